The summed E-state index contributed by atoms with van der Waals surface area (Å²) in [5.74, 6) is -4.84. The summed E-state index contributed by atoms with van der Waals surface area (Å²) in [6, 6.07) is -1.57. The predicted octanol–water partition coefficient (Wildman–Crippen LogP) is 18.7. The number of unbranched alkanes of at least 4 members (excludes halogenated alkanes) is 27. The Balaban J connectivity index is 4.16. The van der Waals surface area contributed by atoms with Crippen molar-refractivity contribution in [3.8, 4) is 0 Å². The van der Waals surface area contributed by atoms with E-state index < -0.39 is 167 Å². The number of amides is 13. The fourth-order valence-electron chi connectivity index (χ4n) is 16.5. The normalized spacial score (nSPS) is 13.6. The number of thioether (sulfide) groups is 2. The van der Waals surface area contributed by atoms with E-state index in [0.29, 0.717) is 61.2 Å². The summed E-state index contributed by atoms with van der Waals surface area (Å²) in [5.41, 5.74) is -2.72. The zero-order valence-electron chi connectivity index (χ0n) is 96.3. The Bertz CT molecular complexity index is 3910. The van der Waals surface area contributed by atoms with Crippen LogP contribution in [0.25, 0.3) is 0 Å². The minimum Gasteiger partial charge on any atom is -0.462 e. The highest BCUT2D eigenvalue weighted by atomic mass is 32.2. The van der Waals surface area contributed by atoms with E-state index in [-0.39, 0.29) is 147 Å². The van der Waals surface area contributed by atoms with Gasteiger partial charge in [0.2, 0.25) is 59.6 Å². The largest absolute Gasteiger partial charge is 0.462 e. The standard InChI is InChI=1S/C114H205N13O21S2/c1-83(2)58-44-37-31-25-22-28-34-40-49-66-97(129)121-96(81-150-80-88(145-99(131)68-51-42-36-30-24-27-33-39-46-60-85(5)6)78-143-98(130)67-50-41-35-29-23-26-32-38-45-59-84(3)4)107(139)127-95(79-144-111(9,10)11)106(138)124-92(65-54-57-72-119-110(142)148-114(18,19)20)104(136)123-91(64-53-56-71-118-109(141)147-113(15,16)17)103(135)122-90(63-52-55-70-117-108(140)146-112(12,13)14)100(132)115-73-74-116-101(133)94(77-87-61-47-43-48-62-87)126-105(137)93(76-86(7)8)125-102(134)89(120-82-128)69-75-149-21/h43,47-48,61-62,82-86,88-96H,22-42,44-46,49-60,63-81H2,1-21H3,(H,115,132)(H,116,133)(H,117,140)(H,118,141)(H,119,142)(H,120,128)(H,121,129)(H,122,135)(H,123,136)(H,124,138)(H,125,134)(H,126,137)(H,127,139)/t88?,89-,90?,91-,92-,93-,94-,95-,96-/m0/s1. The molecule has 0 heterocycles. The van der Waals surface area contributed by atoms with Gasteiger partial charge in [0, 0.05) is 69.9 Å². The number of carbonyl (C=O) groups excluding carboxylic acids is 15. The van der Waals surface area contributed by atoms with Gasteiger partial charge in [0.05, 0.1) is 12.2 Å². The number of hydrogen-bond donors (Lipinski definition) is 13. The van der Waals surface area contributed by atoms with E-state index in [1.54, 1.807) is 113 Å². The predicted molar refractivity (Wildman–Crippen MR) is 600 cm³/mol. The van der Waals surface area contributed by atoms with E-state index in [0.717, 1.165) is 83.5 Å². The van der Waals surface area contributed by atoms with Gasteiger partial charge < -0.3 is 97.5 Å². The van der Waals surface area contributed by atoms with Crippen LogP contribution in [0.5, 0.6) is 0 Å². The Hall–Kier alpha value is -8.67. The third-order valence-corrected chi connectivity index (χ3v) is 26.5. The molecule has 9 atom stereocenters. The lowest BCUT2D eigenvalue weighted by Gasteiger charge is -2.29. The highest BCUT2D eigenvalue weighted by Crippen LogP contribution is 2.23. The van der Waals surface area contributed by atoms with Crippen LogP contribution in [0.2, 0.25) is 0 Å². The van der Waals surface area contributed by atoms with Crippen LogP contribution in [0.4, 0.5) is 14.4 Å². The number of rotatable bonds is 87. The smallest absolute Gasteiger partial charge is 0.407 e. The van der Waals surface area contributed by atoms with E-state index in [1.165, 1.54) is 113 Å². The Morgan fingerprint density at radius 2 is 0.653 bits per heavy atom. The van der Waals surface area contributed by atoms with Crippen molar-refractivity contribution in [2.24, 2.45) is 23.7 Å². The van der Waals surface area contributed by atoms with Gasteiger partial charge >= 0.3 is 30.2 Å². The maximum absolute atomic E-state index is 15.6. The van der Waals surface area contributed by atoms with Gasteiger partial charge in [-0.15, -0.1) is 0 Å². The van der Waals surface area contributed by atoms with Crippen molar-refractivity contribution >= 4 is 113 Å². The first-order chi connectivity index (χ1) is 71.0. The fourth-order valence-corrected chi connectivity index (χ4v) is 18.0. The summed E-state index contributed by atoms with van der Waals surface area (Å²) in [6.45, 7) is 37.0. The molecule has 1 aromatic rings. The van der Waals surface area contributed by atoms with Crippen LogP contribution < -0.4 is 69.1 Å². The molecule has 0 bridgehead atoms. The van der Waals surface area contributed by atoms with E-state index in [4.69, 9.17) is 28.4 Å². The molecule has 0 aliphatic heterocycles. The van der Waals surface area contributed by atoms with Gasteiger partial charge in [-0.2, -0.15) is 23.5 Å². The van der Waals surface area contributed by atoms with Crippen molar-refractivity contribution in [2.45, 2.75) is 504 Å². The van der Waals surface area contributed by atoms with Crippen molar-refractivity contribution < 1.29 is 100 Å². The summed E-state index contributed by atoms with van der Waals surface area (Å²) in [5, 5.41) is 36.3. The van der Waals surface area contributed by atoms with Gasteiger partial charge in [-0.3, -0.25) is 57.5 Å². The van der Waals surface area contributed by atoms with Crippen LogP contribution in [0.3, 0.4) is 0 Å². The van der Waals surface area contributed by atoms with Crippen molar-refractivity contribution in [1.29, 1.82) is 0 Å². The number of benzene rings is 1. The summed E-state index contributed by atoms with van der Waals surface area (Å²) in [6.07, 6.45) is 33.1. The Morgan fingerprint density at radius 1 is 0.313 bits per heavy atom. The zero-order chi connectivity index (χ0) is 112. The minimum atomic E-state index is -1.58. The second-order valence-electron chi connectivity index (χ2n) is 45.9. The molecule has 0 aliphatic rings. The first-order valence-electron chi connectivity index (χ1n) is 56.9. The van der Waals surface area contributed by atoms with Crippen LogP contribution in [-0.2, 0) is 92.4 Å². The second kappa shape index (κ2) is 82.9. The lowest BCUT2D eigenvalue weighted by molar-refractivity contribution is -0.157. The maximum Gasteiger partial charge on any atom is 0.407 e. The molecule has 0 fully saturated rings. The van der Waals surface area contributed by atoms with E-state index in [2.05, 4.69) is 111 Å². The first-order valence-corrected chi connectivity index (χ1v) is 59.4. The van der Waals surface area contributed by atoms with Crippen LogP contribution in [0, 0.1) is 23.7 Å². The van der Waals surface area contributed by atoms with Crippen LogP contribution >= 0.6 is 23.5 Å². The van der Waals surface area contributed by atoms with Gasteiger partial charge in [0.15, 0.2) is 0 Å². The van der Waals surface area contributed by atoms with Gasteiger partial charge in [-0.1, -0.05) is 259 Å². The number of esters is 2. The molecule has 0 saturated heterocycles. The lowest BCUT2D eigenvalue weighted by Crippen LogP contribution is -2.60. The van der Waals surface area contributed by atoms with Crippen LogP contribution in [0.15, 0.2) is 30.3 Å². The first kappa shape index (κ1) is 139. The molecule has 2 unspecified atom stereocenters. The fraction of sp³-hybridized carbons (Fsp3) is 0.816. The highest BCUT2D eigenvalue weighted by molar-refractivity contribution is 7.99. The molecule has 0 aromatic heterocycles. The number of carbonyl (C=O) groups is 15. The summed E-state index contributed by atoms with van der Waals surface area (Å²) in [4.78, 5) is 211. The van der Waals surface area contributed by atoms with Crippen molar-refractivity contribution in [1.82, 2.24) is 69.1 Å². The number of ether oxygens (including phenoxy) is 6. The molecule has 13 N–H and O–H groups in total. The highest BCUT2D eigenvalue weighted by Gasteiger charge is 2.37. The van der Waals surface area contributed by atoms with Gasteiger partial charge in [-0.25, -0.2) is 14.4 Å². The maximum atomic E-state index is 15.6. The van der Waals surface area contributed by atoms with Crippen molar-refractivity contribution in [3.63, 3.8) is 0 Å². The number of nitrogens with one attached hydrogen (secondary N) is 13. The summed E-state index contributed by atoms with van der Waals surface area (Å²) in [7, 11) is 0. The molecule has 0 saturated carbocycles. The molecule has 13 amide bonds. The van der Waals surface area contributed by atoms with E-state index >= 15 is 19.2 Å². The van der Waals surface area contributed by atoms with Gasteiger partial charge in [-0.05, 0) is 214 Å². The molecular weight excluding hydrogens is 1950 g/mol. The molecule has 0 aliphatic carbocycles. The minimum absolute atomic E-state index is 0.0189. The molecular formula is C114H205N13O21S2. The number of alkyl carbamates (subject to hydrolysis) is 3. The van der Waals surface area contributed by atoms with Crippen molar-refractivity contribution in [3.05, 3.63) is 35.9 Å². The summed E-state index contributed by atoms with van der Waals surface area (Å²) >= 11 is 2.67. The Morgan fingerprint density at radius 3 is 1.05 bits per heavy atom. The zero-order valence-corrected chi connectivity index (χ0v) is 97.9. The topological polar surface area (TPSA) is 468 Å². The molecule has 36 heteroatoms. The third-order valence-electron chi connectivity index (χ3n) is 24.6. The molecule has 150 heavy (non-hydrogen) atoms. The van der Waals surface area contributed by atoms with Crippen LogP contribution in [0.1, 0.15) is 427 Å². The number of hydrogen-bond acceptors (Lipinski definition) is 23. The second-order valence-corrected chi connectivity index (χ2v) is 47.9. The van der Waals surface area contributed by atoms with E-state index in [1.807, 2.05) is 20.1 Å². The SMILES string of the molecule is CSCC[C@H](NC=O)C(=O)N[C@@H](CC(C)C)C(=O)N[C@@H](Cc1ccccc1)C(=O)NCCNC(=O)C(CCCCNC(=O)OC(C)(C)C)NC(=O)[C@H](CCCCNC(=O)OC(C)(C)C)NC(=O)[C@H](CCCCNC(=O)OC(C)(C)C)NC(=O)[C@H](COC(C)(C)C)NC(=O)[C@H](CSCC(COC(=O)CCCCCCCCCCCC(C)C)OC(=O)CCCCCCCCCCCC(C)C)NC(=O)CCCCCCCCCCCC(C)C. The molecule has 0 radical (unpaired) electrons. The molecule has 1 rings (SSSR count). The quantitative estimate of drug-likeness (QED) is 0.0125. The average Bonchev–Trinajstić information content (AvgIpc) is 0.852. The Kier molecular flexibility index (Phi) is 77.0. The monoisotopic (exact) mass is 2160 g/mol. The molecule has 1 aromatic carbocycles. The Labute approximate surface area is 910 Å². The third kappa shape index (κ3) is 79.3. The van der Waals surface area contributed by atoms with Crippen LogP contribution in [-0.4, -0.2) is 236 Å². The van der Waals surface area contributed by atoms with Gasteiger partial charge in [0.1, 0.15) is 77.8 Å². The summed E-state index contributed by atoms with van der Waals surface area (Å²) < 4.78 is 34.7. The average molecular weight is 2160 g/mol. The molecule has 0 spiro atoms. The van der Waals surface area contributed by atoms with Gasteiger partial charge in [0.25, 0.3) is 0 Å². The van der Waals surface area contributed by atoms with E-state index in [9.17, 15) is 52.7 Å². The lowest BCUT2D eigenvalue weighted by atomic mass is 10.0. The molecule has 34 nitrogen and oxygen atoms in total. The molecule has 864 valence electrons. The van der Waals surface area contributed by atoms with Crippen molar-refractivity contribution in [2.75, 3.05) is 69.5 Å².